The lowest BCUT2D eigenvalue weighted by atomic mass is 10.0. The van der Waals surface area contributed by atoms with Crippen LogP contribution >= 0.6 is 0 Å². The van der Waals surface area contributed by atoms with E-state index in [9.17, 15) is 9.90 Å². The number of carbonyl (C=O) groups is 1. The smallest absolute Gasteiger partial charge is 0.269 e. The van der Waals surface area contributed by atoms with Gasteiger partial charge in [0.25, 0.3) is 5.91 Å². The first-order valence-electron chi connectivity index (χ1n) is 8.47. The fraction of sp³-hybridized carbons (Fsp3) is 0.421. The van der Waals surface area contributed by atoms with E-state index in [1.807, 2.05) is 32.9 Å². The van der Waals surface area contributed by atoms with Crippen LogP contribution in [0.15, 0.2) is 24.3 Å². The van der Waals surface area contributed by atoms with Crippen molar-refractivity contribution in [2.75, 3.05) is 6.54 Å². The van der Waals surface area contributed by atoms with Gasteiger partial charge in [0.1, 0.15) is 5.69 Å². The van der Waals surface area contributed by atoms with E-state index in [1.54, 1.807) is 23.7 Å². The molecule has 1 aromatic carbocycles. The summed E-state index contributed by atoms with van der Waals surface area (Å²) in [5.41, 5.74) is 3.60. The Morgan fingerprint density at radius 2 is 1.96 bits per heavy atom. The molecule has 0 aliphatic carbocycles. The van der Waals surface area contributed by atoms with E-state index in [-0.39, 0.29) is 18.5 Å². The third-order valence-corrected chi connectivity index (χ3v) is 3.91. The zero-order valence-electron chi connectivity index (χ0n) is 15.1. The Morgan fingerprint density at radius 3 is 2.44 bits per heavy atom. The molecule has 2 rings (SSSR count). The van der Waals surface area contributed by atoms with Crippen LogP contribution in [0, 0.1) is 11.3 Å². The van der Waals surface area contributed by atoms with E-state index in [0.717, 1.165) is 16.8 Å². The molecular formula is C19H24N4O2. The molecule has 25 heavy (non-hydrogen) atoms. The molecule has 0 radical (unpaired) electrons. The molecule has 0 saturated heterocycles. The Bertz CT molecular complexity index is 783. The molecule has 1 aromatic heterocycles. The summed E-state index contributed by atoms with van der Waals surface area (Å²) in [5, 5.41) is 25.8. The van der Waals surface area contributed by atoms with Crippen LogP contribution in [0.5, 0.6) is 0 Å². The van der Waals surface area contributed by atoms with E-state index in [0.29, 0.717) is 17.7 Å². The van der Waals surface area contributed by atoms with Gasteiger partial charge in [-0.25, -0.2) is 0 Å². The van der Waals surface area contributed by atoms with Crippen molar-refractivity contribution in [1.29, 1.82) is 5.26 Å². The van der Waals surface area contributed by atoms with Crippen LogP contribution in [0.4, 0.5) is 0 Å². The normalized spacial score (nSPS) is 12.0. The number of nitrogens with one attached hydrogen (secondary N) is 1. The quantitative estimate of drug-likeness (QED) is 0.846. The molecule has 6 heteroatoms. The highest BCUT2D eigenvalue weighted by Crippen LogP contribution is 2.28. The van der Waals surface area contributed by atoms with Gasteiger partial charge in [0.15, 0.2) is 0 Å². The molecule has 0 spiro atoms. The summed E-state index contributed by atoms with van der Waals surface area (Å²) >= 11 is 0. The van der Waals surface area contributed by atoms with E-state index in [1.165, 1.54) is 0 Å². The van der Waals surface area contributed by atoms with Gasteiger partial charge in [-0.3, -0.25) is 9.48 Å². The number of benzene rings is 1. The minimum atomic E-state index is -0.609. The monoisotopic (exact) mass is 340 g/mol. The van der Waals surface area contributed by atoms with Crippen molar-refractivity contribution in [3.05, 3.63) is 41.1 Å². The minimum absolute atomic E-state index is 0.0183. The van der Waals surface area contributed by atoms with E-state index >= 15 is 0 Å². The molecular weight excluding hydrogens is 316 g/mol. The van der Waals surface area contributed by atoms with Crippen LogP contribution in [-0.4, -0.2) is 33.4 Å². The van der Waals surface area contributed by atoms with Gasteiger partial charge in [0.05, 0.1) is 23.4 Å². The number of hydrogen-bond donors (Lipinski definition) is 2. The summed E-state index contributed by atoms with van der Waals surface area (Å²) in [6.07, 6.45) is 0.0434. The number of hydrogen-bond acceptors (Lipinski definition) is 4. The molecule has 6 nitrogen and oxygen atoms in total. The van der Waals surface area contributed by atoms with Crippen LogP contribution in [0.3, 0.4) is 0 Å². The molecule has 2 aromatic rings. The fourth-order valence-electron chi connectivity index (χ4n) is 2.68. The maximum absolute atomic E-state index is 12.7. The molecule has 0 bridgehead atoms. The van der Waals surface area contributed by atoms with Crippen molar-refractivity contribution in [2.45, 2.75) is 46.3 Å². The molecule has 2 N–H and O–H groups in total. The maximum atomic E-state index is 12.7. The number of nitriles is 1. The maximum Gasteiger partial charge on any atom is 0.269 e. The molecule has 0 saturated carbocycles. The summed E-state index contributed by atoms with van der Waals surface area (Å²) in [6, 6.07) is 9.31. The topological polar surface area (TPSA) is 90.9 Å². The highest BCUT2D eigenvalue weighted by Gasteiger charge is 2.24. The van der Waals surface area contributed by atoms with Gasteiger partial charge in [-0.15, -0.1) is 0 Å². The number of carbonyl (C=O) groups excluding carboxylic acids is 1. The van der Waals surface area contributed by atoms with Gasteiger partial charge in [-0.1, -0.05) is 19.1 Å². The lowest BCUT2D eigenvalue weighted by Crippen LogP contribution is -2.33. The third kappa shape index (κ3) is 4.06. The molecule has 0 aliphatic heterocycles. The summed E-state index contributed by atoms with van der Waals surface area (Å²) in [6.45, 7) is 7.75. The first-order chi connectivity index (χ1) is 11.9. The predicted octanol–water partition coefficient (Wildman–Crippen LogP) is 2.68. The van der Waals surface area contributed by atoms with Crippen LogP contribution in [0.1, 0.15) is 55.4 Å². The second-order valence-corrected chi connectivity index (χ2v) is 6.32. The van der Waals surface area contributed by atoms with Gasteiger partial charge in [0, 0.05) is 23.7 Å². The number of amides is 1. The van der Waals surface area contributed by atoms with Gasteiger partial charge >= 0.3 is 0 Å². The van der Waals surface area contributed by atoms with Crippen LogP contribution in [0.2, 0.25) is 0 Å². The molecule has 1 atom stereocenters. The highest BCUT2D eigenvalue weighted by molar-refractivity contribution is 5.96. The Hall–Kier alpha value is -2.65. The second kappa shape index (κ2) is 7.95. The first kappa shape index (κ1) is 18.7. The molecule has 0 aliphatic rings. The number of nitrogens with zero attached hydrogens (tertiary/aromatic N) is 3. The van der Waals surface area contributed by atoms with Gasteiger partial charge in [0.2, 0.25) is 0 Å². The number of aliphatic hydroxyl groups excluding tert-OH is 1. The van der Waals surface area contributed by atoms with Crippen molar-refractivity contribution < 1.29 is 9.90 Å². The van der Waals surface area contributed by atoms with Crippen LogP contribution in [-0.2, 0) is 6.42 Å². The predicted molar refractivity (Wildman–Crippen MR) is 96.2 cm³/mol. The minimum Gasteiger partial charge on any atom is -0.392 e. The van der Waals surface area contributed by atoms with Gasteiger partial charge < -0.3 is 10.4 Å². The van der Waals surface area contributed by atoms with E-state index in [4.69, 9.17) is 5.26 Å². The van der Waals surface area contributed by atoms with Crippen molar-refractivity contribution in [3.63, 3.8) is 0 Å². The van der Waals surface area contributed by atoms with Crippen LogP contribution in [0.25, 0.3) is 11.3 Å². The summed E-state index contributed by atoms with van der Waals surface area (Å²) in [7, 11) is 0. The Labute approximate surface area is 148 Å². The number of aromatic nitrogens is 2. The number of aliphatic hydroxyl groups is 1. The van der Waals surface area contributed by atoms with Crippen molar-refractivity contribution in [3.8, 4) is 17.3 Å². The second-order valence-electron chi connectivity index (χ2n) is 6.32. The largest absolute Gasteiger partial charge is 0.392 e. The zero-order chi connectivity index (χ0) is 18.6. The van der Waals surface area contributed by atoms with Crippen molar-refractivity contribution >= 4 is 5.91 Å². The SMILES string of the molecule is CCc1c(-c2ccc(C#N)cc2)nn(C(C)C)c1C(=O)NC[C@@H](C)O. The number of rotatable bonds is 6. The third-order valence-electron chi connectivity index (χ3n) is 3.91. The van der Waals surface area contributed by atoms with E-state index in [2.05, 4.69) is 16.5 Å². The first-order valence-corrected chi connectivity index (χ1v) is 8.47. The lowest BCUT2D eigenvalue weighted by Gasteiger charge is -2.13. The summed E-state index contributed by atoms with van der Waals surface area (Å²) < 4.78 is 1.73. The standard InChI is InChI=1S/C19H24N4O2/c1-5-16-17(15-8-6-14(10-20)7-9-15)22-23(12(2)3)18(16)19(25)21-11-13(4)24/h6-9,12-13,24H,5,11H2,1-4H3,(H,21,25)/t13-/m1/s1. The molecule has 132 valence electrons. The van der Waals surface area contributed by atoms with Crippen molar-refractivity contribution in [1.82, 2.24) is 15.1 Å². The van der Waals surface area contributed by atoms with Crippen molar-refractivity contribution in [2.24, 2.45) is 0 Å². The zero-order valence-corrected chi connectivity index (χ0v) is 15.1. The van der Waals surface area contributed by atoms with Gasteiger partial charge in [-0.2, -0.15) is 10.4 Å². The van der Waals surface area contributed by atoms with Crippen LogP contribution < -0.4 is 5.32 Å². The fourth-order valence-corrected chi connectivity index (χ4v) is 2.68. The average molecular weight is 340 g/mol. The Morgan fingerprint density at radius 1 is 1.32 bits per heavy atom. The molecule has 0 unspecified atom stereocenters. The molecule has 1 heterocycles. The highest BCUT2D eigenvalue weighted by atomic mass is 16.3. The van der Waals surface area contributed by atoms with Gasteiger partial charge in [-0.05, 0) is 39.3 Å². The Kier molecular flexibility index (Phi) is 5.94. The summed E-state index contributed by atoms with van der Waals surface area (Å²) in [5.74, 6) is -0.237. The summed E-state index contributed by atoms with van der Waals surface area (Å²) in [4.78, 5) is 12.7. The molecule has 1 amide bonds. The van der Waals surface area contributed by atoms with E-state index < -0.39 is 6.10 Å². The Balaban J connectivity index is 2.53. The molecule has 0 fully saturated rings. The lowest BCUT2D eigenvalue weighted by molar-refractivity contribution is 0.0910. The average Bonchev–Trinajstić information content (AvgIpc) is 2.99.